The molecule has 0 saturated carbocycles. The van der Waals surface area contributed by atoms with Gasteiger partial charge in [-0.3, -0.25) is 0 Å². The Bertz CT molecular complexity index is 288. The summed E-state index contributed by atoms with van der Waals surface area (Å²) in [4.78, 5) is 7.93. The maximum absolute atomic E-state index is 8.80. The lowest BCUT2D eigenvalue weighted by Gasteiger charge is -2.24. The van der Waals surface area contributed by atoms with Crippen LogP contribution in [0.15, 0.2) is 18.7 Å². The number of rotatable bonds is 7. The molecule has 0 saturated heterocycles. The predicted molar refractivity (Wildman–Crippen MR) is 63.8 cm³/mol. The molecular weight excluding hydrogens is 202 g/mol. The van der Waals surface area contributed by atoms with E-state index >= 15 is 0 Å². The molecule has 0 aromatic carbocycles. The van der Waals surface area contributed by atoms with E-state index in [4.69, 9.17) is 5.11 Å². The lowest BCUT2D eigenvalue weighted by Crippen LogP contribution is -2.29. The summed E-state index contributed by atoms with van der Waals surface area (Å²) < 4.78 is 0. The summed E-state index contributed by atoms with van der Waals surface area (Å²) in [6.07, 6.45) is 7.07. The molecule has 1 rings (SSSR count). The van der Waals surface area contributed by atoms with Crippen LogP contribution in [0.3, 0.4) is 0 Å². The topological polar surface area (TPSA) is 58.0 Å². The minimum atomic E-state index is 0.221. The first kappa shape index (κ1) is 13.1. The van der Waals surface area contributed by atoms with Gasteiger partial charge < -0.3 is 10.4 Å². The predicted octanol–water partition coefficient (Wildman–Crippen LogP) is 1.36. The number of hydrogen-bond acceptors (Lipinski definition) is 4. The summed E-state index contributed by atoms with van der Waals surface area (Å²) in [6, 6.07) is 0. The lowest BCUT2D eigenvalue weighted by molar-refractivity contribution is 0.236. The molecule has 16 heavy (non-hydrogen) atoms. The fraction of sp³-hybridized carbons (Fsp3) is 0.667. The highest BCUT2D eigenvalue weighted by molar-refractivity contribution is 5.01. The first-order chi connectivity index (χ1) is 7.64. The van der Waals surface area contributed by atoms with Crippen LogP contribution in [-0.2, 0) is 6.54 Å². The normalized spacial score (nSPS) is 11.7. The Morgan fingerprint density at radius 2 is 2.00 bits per heavy atom. The summed E-state index contributed by atoms with van der Waals surface area (Å²) in [6.45, 7) is 6.41. The zero-order valence-electron chi connectivity index (χ0n) is 10.1. The molecule has 1 aromatic rings. The monoisotopic (exact) mass is 223 g/mol. The molecule has 2 N–H and O–H groups in total. The van der Waals surface area contributed by atoms with Crippen LogP contribution in [0, 0.1) is 5.41 Å². The van der Waals surface area contributed by atoms with Crippen molar-refractivity contribution in [3.05, 3.63) is 24.3 Å². The largest absolute Gasteiger partial charge is 0.396 e. The smallest absolute Gasteiger partial charge is 0.115 e. The molecule has 0 spiro atoms. The molecular formula is C12H21N3O. The number of hydrogen-bond donors (Lipinski definition) is 2. The molecule has 0 atom stereocenters. The van der Waals surface area contributed by atoms with Crippen LogP contribution in [0.5, 0.6) is 0 Å². The van der Waals surface area contributed by atoms with Gasteiger partial charge in [0.05, 0.1) is 0 Å². The van der Waals surface area contributed by atoms with Crippen molar-refractivity contribution < 1.29 is 5.11 Å². The Morgan fingerprint density at radius 1 is 1.31 bits per heavy atom. The van der Waals surface area contributed by atoms with Crippen LogP contribution in [0.4, 0.5) is 0 Å². The first-order valence-corrected chi connectivity index (χ1v) is 5.69. The van der Waals surface area contributed by atoms with Crippen molar-refractivity contribution in [1.82, 2.24) is 15.3 Å². The summed E-state index contributed by atoms with van der Waals surface area (Å²) >= 11 is 0. The third-order valence-electron chi connectivity index (χ3n) is 2.56. The van der Waals surface area contributed by atoms with E-state index in [0.29, 0.717) is 0 Å². The van der Waals surface area contributed by atoms with Crippen LogP contribution in [0.1, 0.15) is 32.3 Å². The van der Waals surface area contributed by atoms with E-state index in [1.165, 1.54) is 6.33 Å². The van der Waals surface area contributed by atoms with Gasteiger partial charge in [-0.25, -0.2) is 9.97 Å². The van der Waals surface area contributed by atoms with Crippen molar-refractivity contribution in [2.45, 2.75) is 33.2 Å². The van der Waals surface area contributed by atoms with Crippen LogP contribution in [-0.4, -0.2) is 28.2 Å². The van der Waals surface area contributed by atoms with Gasteiger partial charge in [0.1, 0.15) is 6.33 Å². The molecule has 0 fully saturated rings. The third kappa shape index (κ3) is 5.19. The third-order valence-corrected chi connectivity index (χ3v) is 2.56. The molecule has 4 nitrogen and oxygen atoms in total. The van der Waals surface area contributed by atoms with Gasteiger partial charge in [0.2, 0.25) is 0 Å². The van der Waals surface area contributed by atoms with E-state index in [1.807, 2.05) is 12.4 Å². The van der Waals surface area contributed by atoms with Crippen LogP contribution < -0.4 is 5.32 Å². The number of aliphatic hydroxyl groups is 1. The van der Waals surface area contributed by atoms with Crippen LogP contribution >= 0.6 is 0 Å². The van der Waals surface area contributed by atoms with Crippen molar-refractivity contribution in [3.63, 3.8) is 0 Å². The molecule has 0 bridgehead atoms. The van der Waals surface area contributed by atoms with E-state index in [9.17, 15) is 0 Å². The average Bonchev–Trinajstić information content (AvgIpc) is 2.28. The highest BCUT2D eigenvalue weighted by Crippen LogP contribution is 2.20. The second-order valence-corrected chi connectivity index (χ2v) is 4.84. The van der Waals surface area contributed by atoms with Gasteiger partial charge in [0.25, 0.3) is 0 Å². The average molecular weight is 223 g/mol. The number of nitrogens with one attached hydrogen (secondary N) is 1. The Morgan fingerprint density at radius 3 is 2.62 bits per heavy atom. The Balaban J connectivity index is 2.24. The highest BCUT2D eigenvalue weighted by Gasteiger charge is 2.16. The molecule has 1 aromatic heterocycles. The van der Waals surface area contributed by atoms with Gasteiger partial charge in [-0.05, 0) is 18.3 Å². The maximum atomic E-state index is 8.80. The molecule has 90 valence electrons. The lowest BCUT2D eigenvalue weighted by atomic mass is 9.88. The number of aliphatic hydroxyl groups excluding tert-OH is 1. The Kier molecular flexibility index (Phi) is 5.35. The van der Waals surface area contributed by atoms with Crippen LogP contribution in [0.2, 0.25) is 0 Å². The molecule has 1 heterocycles. The van der Waals surface area contributed by atoms with Gasteiger partial charge >= 0.3 is 0 Å². The van der Waals surface area contributed by atoms with Crippen molar-refractivity contribution in [2.24, 2.45) is 5.41 Å². The second kappa shape index (κ2) is 6.55. The van der Waals surface area contributed by atoms with Crippen LogP contribution in [0.25, 0.3) is 0 Å². The summed E-state index contributed by atoms with van der Waals surface area (Å²) in [5.74, 6) is 0. The summed E-state index contributed by atoms with van der Waals surface area (Å²) in [5, 5.41) is 12.2. The maximum Gasteiger partial charge on any atom is 0.115 e. The zero-order valence-corrected chi connectivity index (χ0v) is 10.1. The van der Waals surface area contributed by atoms with Gasteiger partial charge in [-0.15, -0.1) is 0 Å². The molecule has 0 amide bonds. The van der Waals surface area contributed by atoms with E-state index in [2.05, 4.69) is 29.1 Å². The molecule has 0 aliphatic heterocycles. The summed E-state index contributed by atoms with van der Waals surface area (Å²) in [5.41, 5.74) is 1.32. The van der Waals surface area contributed by atoms with E-state index in [-0.39, 0.29) is 12.0 Å². The minimum Gasteiger partial charge on any atom is -0.396 e. The second-order valence-electron chi connectivity index (χ2n) is 4.84. The zero-order chi connectivity index (χ0) is 11.9. The molecule has 0 aliphatic carbocycles. The SMILES string of the molecule is CC(C)(CCCO)CNCc1cncnc1. The fourth-order valence-electron chi connectivity index (χ4n) is 1.61. The first-order valence-electron chi connectivity index (χ1n) is 5.69. The van der Waals surface area contributed by atoms with Gasteiger partial charge in [0, 0.05) is 37.7 Å². The number of aromatic nitrogens is 2. The van der Waals surface area contributed by atoms with Gasteiger partial charge in [-0.2, -0.15) is 0 Å². The van der Waals surface area contributed by atoms with Crippen molar-refractivity contribution in [1.29, 1.82) is 0 Å². The Labute approximate surface area is 97.1 Å². The molecule has 4 heteroatoms. The number of nitrogens with zero attached hydrogens (tertiary/aromatic N) is 2. The van der Waals surface area contributed by atoms with Crippen molar-refractivity contribution in [2.75, 3.05) is 13.2 Å². The summed E-state index contributed by atoms with van der Waals surface area (Å²) in [7, 11) is 0. The highest BCUT2D eigenvalue weighted by atomic mass is 16.2. The molecule has 0 radical (unpaired) electrons. The van der Waals surface area contributed by atoms with E-state index in [1.54, 1.807) is 0 Å². The van der Waals surface area contributed by atoms with Gasteiger partial charge in [-0.1, -0.05) is 13.8 Å². The quantitative estimate of drug-likeness (QED) is 0.733. The molecule has 0 aliphatic rings. The van der Waals surface area contributed by atoms with Crippen molar-refractivity contribution >= 4 is 0 Å². The van der Waals surface area contributed by atoms with E-state index < -0.39 is 0 Å². The van der Waals surface area contributed by atoms with E-state index in [0.717, 1.165) is 31.5 Å². The Hall–Kier alpha value is -1.00. The fourth-order valence-corrected chi connectivity index (χ4v) is 1.61. The minimum absolute atomic E-state index is 0.221. The standard InChI is InChI=1S/C12H21N3O/c1-12(2,4-3-5-16)9-13-6-11-7-14-10-15-8-11/h7-8,10,13,16H,3-6,9H2,1-2H3. The molecule has 0 unspecified atom stereocenters. The van der Waals surface area contributed by atoms with Crippen molar-refractivity contribution in [3.8, 4) is 0 Å². The van der Waals surface area contributed by atoms with Gasteiger partial charge in [0.15, 0.2) is 0 Å².